The first-order valence-electron chi connectivity index (χ1n) is 4.16. The second kappa shape index (κ2) is 4.04. The highest BCUT2D eigenvalue weighted by molar-refractivity contribution is 6.42. The van der Waals surface area contributed by atoms with Crippen molar-refractivity contribution in [1.29, 1.82) is 0 Å². The Balaban J connectivity index is 2.55. The van der Waals surface area contributed by atoms with E-state index in [1.54, 1.807) is 24.4 Å². The summed E-state index contributed by atoms with van der Waals surface area (Å²) in [7, 11) is 0. The van der Waals surface area contributed by atoms with Crippen LogP contribution in [0.4, 0.5) is 0 Å². The molecule has 0 saturated heterocycles. The van der Waals surface area contributed by atoms with Crippen LogP contribution in [0.5, 0.6) is 0 Å². The zero-order chi connectivity index (χ0) is 10.8. The largest absolute Gasteiger partial charge is 0.319 e. The molecular formula is C10H6Cl2N2O. The molecule has 1 aromatic carbocycles. The van der Waals surface area contributed by atoms with Gasteiger partial charge in [-0.15, -0.1) is 0 Å². The molecule has 0 atom stereocenters. The number of hydrogen-bond donors (Lipinski definition) is 1. The molecule has 2 rings (SSSR count). The maximum atomic E-state index is 11.0. The minimum absolute atomic E-state index is 0.251. The Kier molecular flexibility index (Phi) is 2.75. The second-order valence-corrected chi connectivity index (χ2v) is 3.75. The normalized spacial score (nSPS) is 10.3. The van der Waals surface area contributed by atoms with Crippen molar-refractivity contribution >= 4 is 23.2 Å². The highest BCUT2D eigenvalue weighted by Gasteiger charge is 2.02. The highest BCUT2D eigenvalue weighted by Crippen LogP contribution is 2.26. The summed E-state index contributed by atoms with van der Waals surface area (Å²) < 4.78 is 0. The van der Waals surface area contributed by atoms with Crippen LogP contribution in [0.25, 0.3) is 11.3 Å². The van der Waals surface area contributed by atoms with Crippen LogP contribution in [-0.4, -0.2) is 9.97 Å². The average Bonchev–Trinajstić information content (AvgIpc) is 2.22. The number of hydrogen-bond acceptors (Lipinski definition) is 2. The van der Waals surface area contributed by atoms with Gasteiger partial charge in [0, 0.05) is 5.56 Å². The standard InChI is InChI=1S/C10H6Cl2N2O/c11-7-2-1-6(3-8(7)12)9-4-13-5-10(15)14-9/h1-5H,(H,14,15). The molecule has 0 fully saturated rings. The van der Waals surface area contributed by atoms with Crippen molar-refractivity contribution in [3.05, 3.63) is 51.0 Å². The summed E-state index contributed by atoms with van der Waals surface area (Å²) in [5.74, 6) is 0. The fraction of sp³-hybridized carbons (Fsp3) is 0. The number of aromatic nitrogens is 2. The topological polar surface area (TPSA) is 45.8 Å². The van der Waals surface area contributed by atoms with Gasteiger partial charge in [-0.3, -0.25) is 9.78 Å². The van der Waals surface area contributed by atoms with Crippen molar-refractivity contribution in [3.63, 3.8) is 0 Å². The lowest BCUT2D eigenvalue weighted by molar-refractivity contribution is 1.14. The van der Waals surface area contributed by atoms with Gasteiger partial charge in [0.25, 0.3) is 5.56 Å². The molecule has 1 heterocycles. The lowest BCUT2D eigenvalue weighted by atomic mass is 10.2. The fourth-order valence-corrected chi connectivity index (χ4v) is 1.49. The molecule has 2 aromatic rings. The number of aromatic amines is 1. The maximum Gasteiger partial charge on any atom is 0.266 e. The third-order valence-corrected chi connectivity index (χ3v) is 2.62. The Labute approximate surface area is 95.7 Å². The van der Waals surface area contributed by atoms with Crippen LogP contribution in [0.2, 0.25) is 10.0 Å². The monoisotopic (exact) mass is 240 g/mol. The van der Waals surface area contributed by atoms with Crippen LogP contribution in [0, 0.1) is 0 Å². The van der Waals surface area contributed by atoms with Gasteiger partial charge in [0.15, 0.2) is 0 Å². The van der Waals surface area contributed by atoms with Gasteiger partial charge in [-0.05, 0) is 12.1 Å². The van der Waals surface area contributed by atoms with E-state index in [0.717, 1.165) is 5.56 Å². The van der Waals surface area contributed by atoms with E-state index in [1.165, 1.54) is 6.20 Å². The SMILES string of the molecule is O=c1cncc(-c2ccc(Cl)c(Cl)c2)[nH]1. The molecule has 0 saturated carbocycles. The Hall–Kier alpha value is -1.32. The van der Waals surface area contributed by atoms with Gasteiger partial charge in [0.1, 0.15) is 0 Å². The maximum absolute atomic E-state index is 11.0. The molecule has 5 heteroatoms. The molecule has 0 bridgehead atoms. The summed E-state index contributed by atoms with van der Waals surface area (Å²) in [6.07, 6.45) is 2.77. The van der Waals surface area contributed by atoms with E-state index in [0.29, 0.717) is 15.7 Å². The molecule has 0 aliphatic heterocycles. The molecule has 0 amide bonds. The summed E-state index contributed by atoms with van der Waals surface area (Å²) in [5, 5.41) is 0.922. The summed E-state index contributed by atoms with van der Waals surface area (Å²) >= 11 is 11.6. The number of halogens is 2. The van der Waals surface area contributed by atoms with Crippen molar-refractivity contribution in [2.24, 2.45) is 0 Å². The van der Waals surface area contributed by atoms with Gasteiger partial charge in [0.05, 0.1) is 28.1 Å². The van der Waals surface area contributed by atoms with Crippen LogP contribution in [0.3, 0.4) is 0 Å². The Bertz CT molecular complexity index is 551. The van der Waals surface area contributed by atoms with E-state index in [4.69, 9.17) is 23.2 Å². The first-order chi connectivity index (χ1) is 7.16. The summed E-state index contributed by atoms with van der Waals surface area (Å²) in [4.78, 5) is 17.5. The number of rotatable bonds is 1. The average molecular weight is 241 g/mol. The number of H-pyrrole nitrogens is 1. The van der Waals surface area contributed by atoms with Gasteiger partial charge in [0.2, 0.25) is 0 Å². The van der Waals surface area contributed by atoms with Crippen molar-refractivity contribution in [2.75, 3.05) is 0 Å². The predicted molar refractivity (Wildman–Crippen MR) is 60.3 cm³/mol. The molecule has 0 aliphatic carbocycles. The zero-order valence-electron chi connectivity index (χ0n) is 7.50. The molecule has 0 spiro atoms. The Morgan fingerprint density at radius 3 is 2.60 bits per heavy atom. The molecule has 0 radical (unpaired) electrons. The van der Waals surface area contributed by atoms with Crippen molar-refractivity contribution in [3.8, 4) is 11.3 Å². The van der Waals surface area contributed by atoms with Crippen LogP contribution in [0.15, 0.2) is 35.4 Å². The molecule has 15 heavy (non-hydrogen) atoms. The Morgan fingerprint density at radius 2 is 1.93 bits per heavy atom. The van der Waals surface area contributed by atoms with E-state index < -0.39 is 0 Å². The molecule has 1 N–H and O–H groups in total. The van der Waals surface area contributed by atoms with E-state index in [1.807, 2.05) is 0 Å². The van der Waals surface area contributed by atoms with Gasteiger partial charge < -0.3 is 4.98 Å². The molecule has 1 aromatic heterocycles. The smallest absolute Gasteiger partial charge is 0.266 e. The van der Waals surface area contributed by atoms with Gasteiger partial charge in [-0.1, -0.05) is 29.3 Å². The quantitative estimate of drug-likeness (QED) is 0.834. The van der Waals surface area contributed by atoms with Crippen LogP contribution >= 0.6 is 23.2 Å². The van der Waals surface area contributed by atoms with E-state index in [2.05, 4.69) is 9.97 Å². The molecular weight excluding hydrogens is 235 g/mol. The van der Waals surface area contributed by atoms with E-state index in [-0.39, 0.29) is 5.56 Å². The van der Waals surface area contributed by atoms with Crippen LogP contribution < -0.4 is 5.56 Å². The fourth-order valence-electron chi connectivity index (χ4n) is 1.19. The first kappa shape index (κ1) is 10.2. The molecule has 0 aliphatic rings. The predicted octanol–water partition coefficient (Wildman–Crippen LogP) is 2.74. The van der Waals surface area contributed by atoms with E-state index >= 15 is 0 Å². The van der Waals surface area contributed by atoms with E-state index in [9.17, 15) is 4.79 Å². The third kappa shape index (κ3) is 2.19. The van der Waals surface area contributed by atoms with Gasteiger partial charge in [-0.2, -0.15) is 0 Å². The number of nitrogens with one attached hydrogen (secondary N) is 1. The lowest BCUT2D eigenvalue weighted by Gasteiger charge is -2.02. The first-order valence-corrected chi connectivity index (χ1v) is 4.92. The summed E-state index contributed by atoms with van der Waals surface area (Å²) in [6.45, 7) is 0. The Morgan fingerprint density at radius 1 is 1.13 bits per heavy atom. The number of benzene rings is 1. The third-order valence-electron chi connectivity index (χ3n) is 1.88. The van der Waals surface area contributed by atoms with Crippen LogP contribution in [0.1, 0.15) is 0 Å². The lowest BCUT2D eigenvalue weighted by Crippen LogP contribution is -2.05. The van der Waals surface area contributed by atoms with Crippen molar-refractivity contribution < 1.29 is 0 Å². The molecule has 76 valence electrons. The molecule has 3 nitrogen and oxygen atoms in total. The second-order valence-electron chi connectivity index (χ2n) is 2.94. The molecule has 0 unspecified atom stereocenters. The van der Waals surface area contributed by atoms with Gasteiger partial charge in [-0.25, -0.2) is 0 Å². The summed E-state index contributed by atoms with van der Waals surface area (Å²) in [5.41, 5.74) is 1.13. The van der Waals surface area contributed by atoms with Gasteiger partial charge >= 0.3 is 0 Å². The minimum Gasteiger partial charge on any atom is -0.319 e. The number of nitrogens with zero attached hydrogens (tertiary/aromatic N) is 1. The van der Waals surface area contributed by atoms with Crippen molar-refractivity contribution in [1.82, 2.24) is 9.97 Å². The zero-order valence-corrected chi connectivity index (χ0v) is 9.01. The minimum atomic E-state index is -0.251. The summed E-state index contributed by atoms with van der Waals surface area (Å²) in [6, 6.07) is 5.11. The highest BCUT2D eigenvalue weighted by atomic mass is 35.5. The van der Waals surface area contributed by atoms with Crippen molar-refractivity contribution in [2.45, 2.75) is 0 Å². The van der Waals surface area contributed by atoms with Crippen LogP contribution in [-0.2, 0) is 0 Å².